The Morgan fingerprint density at radius 2 is 1.94 bits per heavy atom. The lowest BCUT2D eigenvalue weighted by atomic mass is 10.0. The van der Waals surface area contributed by atoms with Gasteiger partial charge in [-0.3, -0.25) is 4.21 Å². The van der Waals surface area contributed by atoms with Crippen LogP contribution in [0, 0.1) is 0 Å². The fraction of sp³-hybridized carbons (Fsp3) is 0.120. The van der Waals surface area contributed by atoms with E-state index in [1.54, 1.807) is 12.5 Å². The lowest BCUT2D eigenvalue weighted by molar-refractivity contribution is 0.307. The maximum Gasteiger partial charge on any atom is 0.148 e. The Hall–Kier alpha value is -2.28. The third-order valence-electron chi connectivity index (χ3n) is 4.84. The maximum absolute atomic E-state index is 12.1. The fourth-order valence-corrected chi connectivity index (χ4v) is 5.49. The van der Waals surface area contributed by atoms with Crippen molar-refractivity contribution in [3.8, 4) is 16.9 Å². The number of hydrogen-bond acceptors (Lipinski definition) is 4. The zero-order valence-electron chi connectivity index (χ0n) is 17.1. The minimum atomic E-state index is -1.07. The van der Waals surface area contributed by atoms with E-state index in [1.165, 1.54) is 11.8 Å². The molecule has 158 valence electrons. The van der Waals surface area contributed by atoms with Crippen LogP contribution in [0.5, 0.6) is 5.75 Å². The summed E-state index contributed by atoms with van der Waals surface area (Å²) in [4.78, 5) is 0. The van der Waals surface area contributed by atoms with Gasteiger partial charge in [-0.15, -0.1) is 11.8 Å². The molecule has 0 aliphatic carbocycles. The van der Waals surface area contributed by atoms with Crippen molar-refractivity contribution in [1.29, 1.82) is 0 Å². The second-order valence-corrected chi connectivity index (χ2v) is 10.2. The number of hydrogen-bond donors (Lipinski definition) is 0. The van der Waals surface area contributed by atoms with E-state index in [4.69, 9.17) is 9.15 Å². The fourth-order valence-electron chi connectivity index (χ4n) is 3.40. The van der Waals surface area contributed by atoms with Crippen LogP contribution < -0.4 is 4.74 Å². The number of thioether (sulfide) groups is 1. The molecular weight excluding hydrogens is 492 g/mol. The molecule has 4 aromatic rings. The van der Waals surface area contributed by atoms with Crippen LogP contribution in [0.3, 0.4) is 0 Å². The second kappa shape index (κ2) is 9.90. The van der Waals surface area contributed by atoms with Crippen LogP contribution in [-0.4, -0.2) is 16.7 Å². The topological polar surface area (TPSA) is 39.4 Å². The van der Waals surface area contributed by atoms with E-state index < -0.39 is 10.8 Å². The van der Waals surface area contributed by atoms with E-state index in [1.807, 2.05) is 54.8 Å². The lowest BCUT2D eigenvalue weighted by Crippen LogP contribution is -2.00. The van der Waals surface area contributed by atoms with Crippen LogP contribution in [0.15, 0.2) is 86.1 Å². The SMILES string of the molecule is CSC(=Cc1cccc(-c2ccccc2)c1OCc1cc(Br)c2occc2c1)S(C)=O. The molecule has 1 atom stereocenters. The largest absolute Gasteiger partial charge is 0.488 e. The molecule has 1 aromatic heterocycles. The van der Waals surface area contributed by atoms with Gasteiger partial charge in [0.1, 0.15) is 17.9 Å². The molecule has 0 bridgehead atoms. The Morgan fingerprint density at radius 1 is 1.13 bits per heavy atom. The highest BCUT2D eigenvalue weighted by molar-refractivity contribution is 9.10. The van der Waals surface area contributed by atoms with E-state index in [0.29, 0.717) is 6.61 Å². The van der Waals surface area contributed by atoms with E-state index in [-0.39, 0.29) is 0 Å². The number of para-hydroxylation sites is 1. The quantitative estimate of drug-likeness (QED) is 0.257. The van der Waals surface area contributed by atoms with Gasteiger partial charge in [-0.2, -0.15) is 0 Å². The van der Waals surface area contributed by atoms with Gasteiger partial charge < -0.3 is 9.15 Å². The Kier molecular flexibility index (Phi) is 7.00. The molecular formula is C25H21BrO3S2. The van der Waals surface area contributed by atoms with Crippen LogP contribution >= 0.6 is 27.7 Å². The van der Waals surface area contributed by atoms with Crippen molar-refractivity contribution in [1.82, 2.24) is 0 Å². The van der Waals surface area contributed by atoms with Crippen LogP contribution in [0.4, 0.5) is 0 Å². The average molecular weight is 513 g/mol. The van der Waals surface area contributed by atoms with Crippen LogP contribution in [0.1, 0.15) is 11.1 Å². The molecule has 0 N–H and O–H groups in total. The highest BCUT2D eigenvalue weighted by Gasteiger charge is 2.13. The molecule has 3 aromatic carbocycles. The van der Waals surface area contributed by atoms with Crippen molar-refractivity contribution in [3.63, 3.8) is 0 Å². The molecule has 0 amide bonds. The first kappa shape index (κ1) is 21.9. The summed E-state index contributed by atoms with van der Waals surface area (Å²) < 4.78 is 25.8. The first-order valence-electron chi connectivity index (χ1n) is 9.63. The molecule has 6 heteroatoms. The predicted molar refractivity (Wildman–Crippen MR) is 136 cm³/mol. The first-order chi connectivity index (χ1) is 15.1. The molecule has 0 aliphatic heterocycles. The van der Waals surface area contributed by atoms with E-state index in [9.17, 15) is 4.21 Å². The van der Waals surface area contributed by atoms with E-state index >= 15 is 0 Å². The Balaban J connectivity index is 1.76. The molecule has 0 aliphatic rings. The molecule has 1 unspecified atom stereocenters. The Labute approximate surface area is 197 Å². The number of rotatable bonds is 7. The molecule has 4 rings (SSSR count). The van der Waals surface area contributed by atoms with Crippen molar-refractivity contribution in [2.24, 2.45) is 0 Å². The van der Waals surface area contributed by atoms with Gasteiger partial charge in [0.2, 0.25) is 0 Å². The predicted octanol–water partition coefficient (Wildman–Crippen LogP) is 7.48. The summed E-state index contributed by atoms with van der Waals surface area (Å²) in [5, 5.41) is 1.02. The van der Waals surface area contributed by atoms with Crippen LogP contribution in [0.25, 0.3) is 28.2 Å². The van der Waals surface area contributed by atoms with Gasteiger partial charge in [0.05, 0.1) is 25.8 Å². The van der Waals surface area contributed by atoms with E-state index in [0.717, 1.165) is 47.7 Å². The zero-order chi connectivity index (χ0) is 21.8. The molecule has 0 saturated heterocycles. The van der Waals surface area contributed by atoms with Crippen molar-refractivity contribution in [2.45, 2.75) is 6.61 Å². The summed E-state index contributed by atoms with van der Waals surface area (Å²) in [6, 6.07) is 22.2. The Morgan fingerprint density at radius 3 is 2.68 bits per heavy atom. The van der Waals surface area contributed by atoms with Crippen LogP contribution in [-0.2, 0) is 17.4 Å². The van der Waals surface area contributed by atoms with E-state index in [2.05, 4.69) is 40.2 Å². The normalized spacial score (nSPS) is 12.8. The number of ether oxygens (including phenoxy) is 1. The van der Waals surface area contributed by atoms with Gasteiger partial charge in [0, 0.05) is 22.8 Å². The van der Waals surface area contributed by atoms with Gasteiger partial charge in [0.25, 0.3) is 0 Å². The van der Waals surface area contributed by atoms with Gasteiger partial charge in [-0.1, -0.05) is 48.5 Å². The van der Waals surface area contributed by atoms with Crippen molar-refractivity contribution in [3.05, 3.63) is 92.8 Å². The number of halogens is 1. The summed E-state index contributed by atoms with van der Waals surface area (Å²) in [6.45, 7) is 0.397. The summed E-state index contributed by atoms with van der Waals surface area (Å²) >= 11 is 5.07. The summed E-state index contributed by atoms with van der Waals surface area (Å²) in [5.41, 5.74) is 4.84. The zero-order valence-corrected chi connectivity index (χ0v) is 20.4. The molecule has 31 heavy (non-hydrogen) atoms. The minimum absolute atomic E-state index is 0.397. The van der Waals surface area contributed by atoms with Crippen molar-refractivity contribution < 1.29 is 13.4 Å². The van der Waals surface area contributed by atoms with Gasteiger partial charge in [-0.25, -0.2) is 0 Å². The third kappa shape index (κ3) is 4.97. The average Bonchev–Trinajstić information content (AvgIpc) is 3.26. The van der Waals surface area contributed by atoms with Gasteiger partial charge >= 0.3 is 0 Å². The molecule has 0 radical (unpaired) electrons. The van der Waals surface area contributed by atoms with Crippen LogP contribution in [0.2, 0.25) is 0 Å². The van der Waals surface area contributed by atoms with Gasteiger partial charge in [-0.05, 0) is 57.6 Å². The smallest absolute Gasteiger partial charge is 0.148 e. The lowest BCUT2D eigenvalue weighted by Gasteiger charge is -2.16. The van der Waals surface area contributed by atoms with Gasteiger partial charge in [0.15, 0.2) is 0 Å². The monoisotopic (exact) mass is 512 g/mol. The number of furan rings is 1. The maximum atomic E-state index is 12.1. The standard InChI is InChI=1S/C25H21BrO3S2/c1-30-23(31(2)27)15-19-9-6-10-21(18-7-4-3-5-8-18)24(19)29-16-17-13-20-11-12-28-25(20)22(26)14-17/h3-15H,16H2,1-2H3. The highest BCUT2D eigenvalue weighted by atomic mass is 79.9. The molecule has 0 saturated carbocycles. The molecule has 3 nitrogen and oxygen atoms in total. The minimum Gasteiger partial charge on any atom is -0.488 e. The summed E-state index contributed by atoms with van der Waals surface area (Å²) in [5.74, 6) is 0.772. The molecule has 0 spiro atoms. The second-order valence-electron chi connectivity index (χ2n) is 6.92. The number of fused-ring (bicyclic) bond motifs is 1. The number of benzene rings is 3. The summed E-state index contributed by atoms with van der Waals surface area (Å²) in [6.07, 6.45) is 7.27. The molecule has 0 fully saturated rings. The first-order valence-corrected chi connectivity index (χ1v) is 13.2. The Bertz CT molecular complexity index is 1260. The van der Waals surface area contributed by atoms with Crippen molar-refractivity contribution >= 4 is 55.5 Å². The highest BCUT2D eigenvalue weighted by Crippen LogP contribution is 2.36. The molecule has 1 heterocycles. The summed E-state index contributed by atoms with van der Waals surface area (Å²) in [7, 11) is -1.07. The third-order valence-corrected chi connectivity index (χ3v) is 7.83. The van der Waals surface area contributed by atoms with Crippen molar-refractivity contribution in [2.75, 3.05) is 12.5 Å².